The Morgan fingerprint density at radius 2 is 1.03 bits per heavy atom. The smallest absolute Gasteiger partial charge is 0.0725 e. The Kier molecular flexibility index (Phi) is 4.16. The molecule has 0 atom stereocenters. The van der Waals surface area contributed by atoms with Crippen molar-refractivity contribution in [2.75, 3.05) is 13.1 Å². The van der Waals surface area contributed by atoms with E-state index in [1.807, 2.05) is 0 Å². The quantitative estimate of drug-likeness (QED) is 0.311. The predicted octanol–water partition coefficient (Wildman–Crippen LogP) is 6.87. The van der Waals surface area contributed by atoms with Gasteiger partial charge >= 0.3 is 0 Å². The third-order valence-electron chi connectivity index (χ3n) is 7.40. The second-order valence-electron chi connectivity index (χ2n) is 8.69. The van der Waals surface area contributed by atoms with Crippen LogP contribution in [0.1, 0.15) is 41.7 Å². The van der Waals surface area contributed by atoms with Gasteiger partial charge in [-0.3, -0.25) is 4.90 Å². The fraction of sp³-hybridized carbons (Fsp3) is 0.200. The van der Waals surface area contributed by atoms with E-state index >= 15 is 0 Å². The molecule has 1 spiro atoms. The van der Waals surface area contributed by atoms with Gasteiger partial charge < -0.3 is 0 Å². The summed E-state index contributed by atoms with van der Waals surface area (Å²) in [5, 5.41) is 0. The molecule has 31 heavy (non-hydrogen) atoms. The zero-order valence-electron chi connectivity index (χ0n) is 18.2. The Morgan fingerprint density at radius 3 is 1.61 bits per heavy atom. The van der Waals surface area contributed by atoms with Crippen LogP contribution in [-0.2, 0) is 12.0 Å². The van der Waals surface area contributed by atoms with E-state index in [9.17, 15) is 0 Å². The number of hydrogen-bond donors (Lipinski definition) is 0. The van der Waals surface area contributed by atoms with Crippen LogP contribution in [0, 0.1) is 0 Å². The Morgan fingerprint density at radius 1 is 0.548 bits per heavy atom. The van der Waals surface area contributed by atoms with E-state index in [0.717, 1.165) is 19.6 Å². The molecule has 6 rings (SSSR count). The molecule has 0 aromatic heterocycles. The molecule has 0 aliphatic heterocycles. The van der Waals surface area contributed by atoms with Crippen molar-refractivity contribution in [3.05, 3.63) is 119 Å². The van der Waals surface area contributed by atoms with Crippen molar-refractivity contribution in [1.29, 1.82) is 0 Å². The molecule has 0 radical (unpaired) electrons. The lowest BCUT2D eigenvalue weighted by molar-refractivity contribution is 0.296. The van der Waals surface area contributed by atoms with E-state index < -0.39 is 0 Å². The van der Waals surface area contributed by atoms with E-state index in [0.29, 0.717) is 0 Å². The first kappa shape index (κ1) is 18.6. The summed E-state index contributed by atoms with van der Waals surface area (Å²) in [5.74, 6) is 0. The van der Waals surface area contributed by atoms with Crippen LogP contribution in [-0.4, -0.2) is 18.0 Å². The van der Waals surface area contributed by atoms with Crippen LogP contribution < -0.4 is 0 Å². The number of rotatable bonds is 4. The number of benzene rings is 4. The number of nitrogens with zero attached hydrogens (tertiary/aromatic N) is 1. The van der Waals surface area contributed by atoms with Crippen LogP contribution in [0.15, 0.2) is 91.0 Å². The Bertz CT molecular complexity index is 1250. The highest BCUT2D eigenvalue weighted by atomic mass is 15.1. The topological polar surface area (TPSA) is 3.24 Å². The molecular formula is C30H27N. The largest absolute Gasteiger partial charge is 0.300 e. The lowest BCUT2D eigenvalue weighted by Gasteiger charge is -2.30. The Labute approximate surface area is 185 Å². The van der Waals surface area contributed by atoms with Gasteiger partial charge in [0.1, 0.15) is 0 Å². The summed E-state index contributed by atoms with van der Waals surface area (Å²) in [6, 6.07) is 34.1. The van der Waals surface area contributed by atoms with E-state index in [4.69, 9.17) is 0 Å². The van der Waals surface area contributed by atoms with Crippen molar-refractivity contribution in [3.8, 4) is 22.3 Å². The van der Waals surface area contributed by atoms with Crippen LogP contribution >= 0.6 is 0 Å². The molecule has 1 nitrogen and oxygen atoms in total. The second kappa shape index (κ2) is 6.93. The third kappa shape index (κ3) is 2.36. The molecule has 2 aliphatic rings. The van der Waals surface area contributed by atoms with E-state index in [-0.39, 0.29) is 5.41 Å². The maximum absolute atomic E-state index is 2.51. The van der Waals surface area contributed by atoms with Crippen LogP contribution in [0.2, 0.25) is 0 Å². The monoisotopic (exact) mass is 401 g/mol. The lowest BCUT2D eigenvalue weighted by Crippen LogP contribution is -2.26. The minimum absolute atomic E-state index is 0.224. The average molecular weight is 402 g/mol. The van der Waals surface area contributed by atoms with Crippen molar-refractivity contribution in [3.63, 3.8) is 0 Å². The molecule has 0 heterocycles. The first-order valence-corrected chi connectivity index (χ1v) is 11.4. The summed E-state index contributed by atoms with van der Waals surface area (Å²) in [6.07, 6.45) is 0. The van der Waals surface area contributed by atoms with Crippen molar-refractivity contribution in [2.45, 2.75) is 25.8 Å². The molecule has 4 aromatic rings. The SMILES string of the molecule is CCN(CC)Cc1cccc2c1-c1ccccc1C21c2ccccc2-c2ccccc21. The van der Waals surface area contributed by atoms with Crippen LogP contribution in [0.25, 0.3) is 22.3 Å². The minimum Gasteiger partial charge on any atom is -0.300 e. The fourth-order valence-corrected chi connectivity index (χ4v) is 6.04. The summed E-state index contributed by atoms with van der Waals surface area (Å²) in [7, 11) is 0. The minimum atomic E-state index is -0.224. The number of hydrogen-bond acceptors (Lipinski definition) is 1. The zero-order chi connectivity index (χ0) is 21.0. The highest BCUT2D eigenvalue weighted by Gasteiger charge is 2.51. The van der Waals surface area contributed by atoms with Crippen molar-refractivity contribution < 1.29 is 0 Å². The summed E-state index contributed by atoms with van der Waals surface area (Å²) < 4.78 is 0. The van der Waals surface area contributed by atoms with Crippen molar-refractivity contribution in [2.24, 2.45) is 0 Å². The highest BCUT2D eigenvalue weighted by molar-refractivity contribution is 5.95. The van der Waals surface area contributed by atoms with Gasteiger partial charge in [-0.25, -0.2) is 0 Å². The molecule has 1 heteroatoms. The average Bonchev–Trinajstić information content (AvgIpc) is 3.30. The van der Waals surface area contributed by atoms with Gasteiger partial charge in [0, 0.05) is 6.54 Å². The molecule has 4 aromatic carbocycles. The predicted molar refractivity (Wildman–Crippen MR) is 129 cm³/mol. The van der Waals surface area contributed by atoms with Crippen LogP contribution in [0.4, 0.5) is 0 Å². The Hall–Kier alpha value is -3.16. The van der Waals surface area contributed by atoms with E-state index in [1.54, 1.807) is 0 Å². The van der Waals surface area contributed by atoms with Crippen molar-refractivity contribution in [1.82, 2.24) is 4.90 Å². The standard InChI is InChI=1S/C30H27N/c1-3-31(4-2)20-21-12-11-19-28-29(21)24-15-7-10-18-27(24)30(28)25-16-8-5-13-22(25)23-14-6-9-17-26(23)30/h5-19H,3-4,20H2,1-2H3. The third-order valence-corrected chi connectivity index (χ3v) is 7.40. The maximum Gasteiger partial charge on any atom is 0.0725 e. The summed E-state index contributed by atoms with van der Waals surface area (Å²) in [6.45, 7) is 7.64. The first-order valence-electron chi connectivity index (χ1n) is 11.4. The Balaban J connectivity index is 1.73. The van der Waals surface area contributed by atoms with Gasteiger partial charge in [-0.1, -0.05) is 105 Å². The van der Waals surface area contributed by atoms with Gasteiger partial charge in [-0.2, -0.15) is 0 Å². The molecule has 0 saturated heterocycles. The molecule has 152 valence electrons. The molecule has 0 amide bonds. The zero-order valence-corrected chi connectivity index (χ0v) is 18.2. The van der Waals surface area contributed by atoms with Gasteiger partial charge in [0.2, 0.25) is 0 Å². The number of fused-ring (bicyclic) bond motifs is 10. The van der Waals surface area contributed by atoms with Crippen LogP contribution in [0.3, 0.4) is 0 Å². The highest BCUT2D eigenvalue weighted by Crippen LogP contribution is 2.63. The van der Waals surface area contributed by atoms with Gasteiger partial charge in [-0.15, -0.1) is 0 Å². The first-order chi connectivity index (χ1) is 15.3. The molecule has 0 N–H and O–H groups in total. The van der Waals surface area contributed by atoms with Gasteiger partial charge in [0.15, 0.2) is 0 Å². The molecule has 0 bridgehead atoms. The second-order valence-corrected chi connectivity index (χ2v) is 8.69. The van der Waals surface area contributed by atoms with Gasteiger partial charge in [-0.05, 0) is 63.2 Å². The summed E-state index contributed by atoms with van der Waals surface area (Å²) in [4.78, 5) is 2.51. The van der Waals surface area contributed by atoms with Crippen LogP contribution in [0.5, 0.6) is 0 Å². The molecule has 0 fully saturated rings. The van der Waals surface area contributed by atoms with Gasteiger partial charge in [0.25, 0.3) is 0 Å². The fourth-order valence-electron chi connectivity index (χ4n) is 6.04. The van der Waals surface area contributed by atoms with E-state index in [1.165, 1.54) is 50.1 Å². The maximum atomic E-state index is 2.51. The summed E-state index contributed by atoms with van der Waals surface area (Å²) in [5.41, 5.74) is 12.5. The molecule has 0 saturated carbocycles. The lowest BCUT2D eigenvalue weighted by atomic mass is 9.70. The normalized spacial score (nSPS) is 14.4. The molecule has 2 aliphatic carbocycles. The van der Waals surface area contributed by atoms with Crippen molar-refractivity contribution >= 4 is 0 Å². The van der Waals surface area contributed by atoms with Gasteiger partial charge in [0.05, 0.1) is 5.41 Å². The van der Waals surface area contributed by atoms with E-state index in [2.05, 4.69) is 110 Å². The molecular weight excluding hydrogens is 374 g/mol. The molecule has 0 unspecified atom stereocenters. The summed E-state index contributed by atoms with van der Waals surface area (Å²) >= 11 is 0.